The Morgan fingerprint density at radius 3 is 1.66 bits per heavy atom. The summed E-state index contributed by atoms with van der Waals surface area (Å²) in [7, 11) is 1.46. The summed E-state index contributed by atoms with van der Waals surface area (Å²) in [5.74, 6) is -2.07. The third-order valence-corrected chi connectivity index (χ3v) is 5.90. The third-order valence-electron chi connectivity index (χ3n) is 5.90. The van der Waals surface area contributed by atoms with Gasteiger partial charge in [-0.1, -0.05) is 91.0 Å². The van der Waals surface area contributed by atoms with Crippen LogP contribution in [0, 0.1) is 0 Å². The maximum absolute atomic E-state index is 13.5. The molecule has 0 aliphatic heterocycles. The number of hydrogen-bond acceptors (Lipinski definition) is 4. The standard InChI is InChI=1S/C28H31N3O4/c1-31(25(28(34)35)19-22-15-9-4-10-16-22)27(33)24(18-21-13-7-3-8-14-21)30-26(32)23(29)17-20-11-5-2-6-12-20/h2-16,23-25H,17-19,29H2,1H3,(H,30,32)(H,34,35)/t23-,24-,25-/m0/s1. The lowest BCUT2D eigenvalue weighted by Gasteiger charge is -2.30. The number of rotatable bonds is 11. The molecule has 2 amide bonds. The van der Waals surface area contributed by atoms with E-state index in [0.29, 0.717) is 6.42 Å². The van der Waals surface area contributed by atoms with Crippen LogP contribution in [0.1, 0.15) is 16.7 Å². The average molecular weight is 474 g/mol. The maximum atomic E-state index is 13.5. The number of amides is 2. The molecule has 3 aromatic rings. The van der Waals surface area contributed by atoms with Gasteiger partial charge in [-0.3, -0.25) is 9.59 Å². The van der Waals surface area contributed by atoms with Gasteiger partial charge < -0.3 is 21.1 Å². The number of nitrogens with two attached hydrogens (primary N) is 1. The smallest absolute Gasteiger partial charge is 0.326 e. The van der Waals surface area contributed by atoms with Crippen LogP contribution in [0.5, 0.6) is 0 Å². The molecule has 0 spiro atoms. The highest BCUT2D eigenvalue weighted by Gasteiger charge is 2.33. The molecule has 4 N–H and O–H groups in total. The molecule has 3 aromatic carbocycles. The Labute approximate surface area is 205 Å². The normalized spacial score (nSPS) is 13.3. The summed E-state index contributed by atoms with van der Waals surface area (Å²) in [6, 6.07) is 24.9. The first-order valence-electron chi connectivity index (χ1n) is 11.5. The number of carbonyl (C=O) groups is 3. The van der Waals surface area contributed by atoms with Crippen molar-refractivity contribution in [3.63, 3.8) is 0 Å². The van der Waals surface area contributed by atoms with Gasteiger partial charge in [-0.15, -0.1) is 0 Å². The Morgan fingerprint density at radius 2 is 1.20 bits per heavy atom. The van der Waals surface area contributed by atoms with Crippen molar-refractivity contribution in [1.29, 1.82) is 0 Å². The third kappa shape index (κ3) is 7.52. The monoisotopic (exact) mass is 473 g/mol. The summed E-state index contributed by atoms with van der Waals surface area (Å²) in [4.78, 5) is 39.7. The highest BCUT2D eigenvalue weighted by Crippen LogP contribution is 2.13. The van der Waals surface area contributed by atoms with Gasteiger partial charge in [0, 0.05) is 19.9 Å². The molecule has 35 heavy (non-hydrogen) atoms. The van der Waals surface area contributed by atoms with E-state index in [1.54, 1.807) is 0 Å². The number of nitrogens with one attached hydrogen (secondary N) is 1. The summed E-state index contributed by atoms with van der Waals surface area (Å²) in [6.07, 6.45) is 0.684. The van der Waals surface area contributed by atoms with E-state index < -0.39 is 35.9 Å². The van der Waals surface area contributed by atoms with Crippen LogP contribution in [0.25, 0.3) is 0 Å². The summed E-state index contributed by atoms with van der Waals surface area (Å²) in [5.41, 5.74) is 8.69. The minimum absolute atomic E-state index is 0.151. The van der Waals surface area contributed by atoms with Gasteiger partial charge in [0.2, 0.25) is 11.8 Å². The van der Waals surface area contributed by atoms with Gasteiger partial charge in [-0.2, -0.15) is 0 Å². The van der Waals surface area contributed by atoms with Gasteiger partial charge in [0.05, 0.1) is 6.04 Å². The van der Waals surface area contributed by atoms with Gasteiger partial charge in [-0.05, 0) is 23.1 Å². The second-order valence-electron chi connectivity index (χ2n) is 8.54. The van der Waals surface area contributed by atoms with Gasteiger partial charge >= 0.3 is 5.97 Å². The number of benzene rings is 3. The van der Waals surface area contributed by atoms with Crippen molar-refractivity contribution >= 4 is 17.8 Å². The first-order chi connectivity index (χ1) is 16.8. The predicted octanol–water partition coefficient (Wildman–Crippen LogP) is 2.44. The van der Waals surface area contributed by atoms with Crippen molar-refractivity contribution in [3.8, 4) is 0 Å². The van der Waals surface area contributed by atoms with Crippen molar-refractivity contribution in [2.75, 3.05) is 7.05 Å². The molecule has 0 aliphatic rings. The van der Waals surface area contributed by atoms with Crippen LogP contribution in [0.2, 0.25) is 0 Å². The van der Waals surface area contributed by atoms with E-state index in [-0.39, 0.29) is 12.8 Å². The molecule has 0 bridgehead atoms. The zero-order chi connectivity index (χ0) is 25.2. The molecular formula is C28H31N3O4. The Hall–Kier alpha value is -3.97. The topological polar surface area (TPSA) is 113 Å². The molecule has 0 aromatic heterocycles. The predicted molar refractivity (Wildman–Crippen MR) is 135 cm³/mol. The lowest BCUT2D eigenvalue weighted by molar-refractivity contribution is -0.150. The largest absolute Gasteiger partial charge is 0.480 e. The molecule has 0 saturated carbocycles. The molecule has 0 radical (unpaired) electrons. The number of carboxylic acid groups (broad SMARTS) is 1. The average Bonchev–Trinajstić information content (AvgIpc) is 2.87. The van der Waals surface area contributed by atoms with Crippen LogP contribution in [0.4, 0.5) is 0 Å². The number of likely N-dealkylation sites (N-methyl/N-ethyl adjacent to an activating group) is 1. The van der Waals surface area contributed by atoms with Crippen LogP contribution in [-0.4, -0.2) is 53.0 Å². The zero-order valence-electron chi connectivity index (χ0n) is 19.7. The highest BCUT2D eigenvalue weighted by atomic mass is 16.4. The van der Waals surface area contributed by atoms with Gasteiger partial charge in [0.25, 0.3) is 0 Å². The van der Waals surface area contributed by atoms with Crippen LogP contribution in [0.3, 0.4) is 0 Å². The number of carbonyl (C=O) groups excluding carboxylic acids is 2. The highest BCUT2D eigenvalue weighted by molar-refractivity contribution is 5.92. The van der Waals surface area contributed by atoms with Gasteiger partial charge in [0.1, 0.15) is 12.1 Å². The van der Waals surface area contributed by atoms with Crippen molar-refractivity contribution < 1.29 is 19.5 Å². The second-order valence-corrected chi connectivity index (χ2v) is 8.54. The Morgan fingerprint density at radius 1 is 0.771 bits per heavy atom. The minimum Gasteiger partial charge on any atom is -0.480 e. The van der Waals surface area contributed by atoms with Crippen molar-refractivity contribution in [1.82, 2.24) is 10.2 Å². The fourth-order valence-corrected chi connectivity index (χ4v) is 3.92. The second kappa shape index (κ2) is 12.5. The Kier molecular flexibility index (Phi) is 9.15. The molecule has 0 saturated heterocycles. The van der Waals surface area contributed by atoms with E-state index in [2.05, 4.69) is 5.32 Å². The molecule has 0 aliphatic carbocycles. The minimum atomic E-state index is -1.12. The van der Waals surface area contributed by atoms with Gasteiger partial charge in [-0.25, -0.2) is 4.79 Å². The molecule has 7 heteroatoms. The Bertz CT molecular complexity index is 1110. The van der Waals surface area contributed by atoms with Crippen LogP contribution >= 0.6 is 0 Å². The zero-order valence-corrected chi connectivity index (χ0v) is 19.7. The van der Waals surface area contributed by atoms with Crippen molar-refractivity contribution in [3.05, 3.63) is 108 Å². The molecule has 0 heterocycles. The van der Waals surface area contributed by atoms with Crippen LogP contribution < -0.4 is 11.1 Å². The molecule has 182 valence electrons. The Balaban J connectivity index is 1.78. The van der Waals surface area contributed by atoms with Gasteiger partial charge in [0.15, 0.2) is 0 Å². The van der Waals surface area contributed by atoms with Crippen molar-refractivity contribution in [2.24, 2.45) is 5.73 Å². The molecule has 3 atom stereocenters. The van der Waals surface area contributed by atoms with E-state index in [4.69, 9.17) is 5.73 Å². The molecule has 7 nitrogen and oxygen atoms in total. The van der Waals surface area contributed by atoms with E-state index in [1.807, 2.05) is 91.0 Å². The van der Waals surface area contributed by atoms with Crippen LogP contribution in [0.15, 0.2) is 91.0 Å². The SMILES string of the molecule is CN(C(=O)[C@H](Cc1ccccc1)NC(=O)[C@@H](N)Cc1ccccc1)[C@@H](Cc1ccccc1)C(=O)O. The molecule has 0 unspecified atom stereocenters. The summed E-state index contributed by atoms with van der Waals surface area (Å²) >= 11 is 0. The lowest BCUT2D eigenvalue weighted by Crippen LogP contribution is -2.56. The molecular weight excluding hydrogens is 442 g/mol. The number of hydrogen-bond donors (Lipinski definition) is 3. The molecule has 0 fully saturated rings. The van der Waals surface area contributed by atoms with E-state index in [1.165, 1.54) is 11.9 Å². The fraction of sp³-hybridized carbons (Fsp3) is 0.250. The van der Waals surface area contributed by atoms with Crippen molar-refractivity contribution in [2.45, 2.75) is 37.4 Å². The quantitative estimate of drug-likeness (QED) is 0.396. The number of nitrogens with zero attached hydrogens (tertiary/aromatic N) is 1. The lowest BCUT2D eigenvalue weighted by atomic mass is 10.0. The molecule has 3 rings (SSSR count). The first-order valence-corrected chi connectivity index (χ1v) is 11.5. The maximum Gasteiger partial charge on any atom is 0.326 e. The fourth-order valence-electron chi connectivity index (χ4n) is 3.92. The summed E-state index contributed by atoms with van der Waals surface area (Å²) < 4.78 is 0. The van der Waals surface area contributed by atoms with E-state index >= 15 is 0 Å². The summed E-state index contributed by atoms with van der Waals surface area (Å²) in [5, 5.41) is 12.6. The van der Waals surface area contributed by atoms with E-state index in [9.17, 15) is 19.5 Å². The number of aliphatic carboxylic acids is 1. The first kappa shape index (κ1) is 25.6. The van der Waals surface area contributed by atoms with E-state index in [0.717, 1.165) is 16.7 Å². The van der Waals surface area contributed by atoms with Crippen LogP contribution in [-0.2, 0) is 33.6 Å². The number of carboxylic acids is 1. The summed E-state index contributed by atoms with van der Waals surface area (Å²) in [6.45, 7) is 0.